The molecule has 0 aliphatic heterocycles. The van der Waals surface area contributed by atoms with Gasteiger partial charge in [-0.1, -0.05) is 26.2 Å². The molecule has 0 radical (unpaired) electrons. The molecule has 52 valence electrons. The summed E-state index contributed by atoms with van der Waals surface area (Å²) in [4.78, 5) is 3.81. The molecular weight excluding hydrogens is 130 g/mol. The van der Waals surface area contributed by atoms with Crippen LogP contribution in [0.2, 0.25) is 0 Å². The highest BCUT2D eigenvalue weighted by atomic mass is 32.1. The van der Waals surface area contributed by atoms with Crippen molar-refractivity contribution in [3.8, 4) is 0 Å². The van der Waals surface area contributed by atoms with Gasteiger partial charge in [-0.2, -0.15) is 0 Å². The maximum Gasteiger partial charge on any atom is 0.0584 e. The molecule has 0 saturated carbocycles. The first-order chi connectivity index (χ1) is 4.41. The molecule has 0 N–H and O–H groups in total. The molecule has 0 atom stereocenters. The van der Waals surface area contributed by atoms with Gasteiger partial charge in [0.2, 0.25) is 0 Å². The number of thiocarbonyl (C=S) groups is 1. The Morgan fingerprint density at radius 3 is 2.67 bits per heavy atom. The summed E-state index contributed by atoms with van der Waals surface area (Å²) in [7, 11) is 0. The van der Waals surface area contributed by atoms with Gasteiger partial charge in [0.05, 0.1) is 5.16 Å². The minimum Gasteiger partial charge on any atom is -0.233 e. The van der Waals surface area contributed by atoms with E-state index in [1.165, 1.54) is 19.3 Å². The fourth-order valence-electron chi connectivity index (χ4n) is 0.663. The molecule has 9 heavy (non-hydrogen) atoms. The van der Waals surface area contributed by atoms with Gasteiger partial charge >= 0.3 is 0 Å². The van der Waals surface area contributed by atoms with Gasteiger partial charge in [0.25, 0.3) is 0 Å². The number of isothiocyanates is 1. The van der Waals surface area contributed by atoms with Gasteiger partial charge in [0.1, 0.15) is 0 Å². The first-order valence-electron chi connectivity index (χ1n) is 3.45. The Balaban J connectivity index is 2.82. The van der Waals surface area contributed by atoms with Gasteiger partial charge in [-0.15, -0.1) is 0 Å². The predicted octanol–water partition coefficient (Wildman–Crippen LogP) is 2.67. The quantitative estimate of drug-likeness (QED) is 0.327. The van der Waals surface area contributed by atoms with Crippen molar-refractivity contribution in [2.24, 2.45) is 4.99 Å². The lowest BCUT2D eigenvalue weighted by atomic mass is 10.2. The second-order valence-electron chi connectivity index (χ2n) is 2.03. The van der Waals surface area contributed by atoms with Crippen molar-refractivity contribution in [2.45, 2.75) is 32.6 Å². The molecule has 0 heterocycles. The highest BCUT2D eigenvalue weighted by molar-refractivity contribution is 7.78. The molecule has 0 amide bonds. The molecule has 0 spiro atoms. The minimum absolute atomic E-state index is 0.865. The lowest BCUT2D eigenvalue weighted by Gasteiger charge is -1.91. The Hall–Kier alpha value is -0.200. The Morgan fingerprint density at radius 1 is 1.33 bits per heavy atom. The van der Waals surface area contributed by atoms with Crippen molar-refractivity contribution in [3.63, 3.8) is 0 Å². The van der Waals surface area contributed by atoms with Gasteiger partial charge in [0, 0.05) is 6.54 Å². The van der Waals surface area contributed by atoms with Crippen molar-refractivity contribution in [1.29, 1.82) is 0 Å². The highest BCUT2D eigenvalue weighted by Gasteiger charge is 1.82. The molecule has 0 rings (SSSR count). The molecule has 0 saturated heterocycles. The van der Waals surface area contributed by atoms with Crippen LogP contribution in [-0.2, 0) is 0 Å². The van der Waals surface area contributed by atoms with E-state index in [4.69, 9.17) is 0 Å². The standard InChI is InChI=1S/C7H13NS/c1-2-3-4-5-6-8-7-9/h2-6H2,1H3. The van der Waals surface area contributed by atoms with E-state index in [9.17, 15) is 0 Å². The van der Waals surface area contributed by atoms with Crippen molar-refractivity contribution < 1.29 is 0 Å². The minimum atomic E-state index is 0.865. The fourth-order valence-corrected chi connectivity index (χ4v) is 0.755. The molecule has 0 aliphatic carbocycles. The fraction of sp³-hybridized carbons (Fsp3) is 0.857. The van der Waals surface area contributed by atoms with Crippen LogP contribution in [0, 0.1) is 0 Å². The number of aliphatic imine (C=N–C) groups is 1. The van der Waals surface area contributed by atoms with Crippen molar-refractivity contribution >= 4 is 17.4 Å². The molecule has 0 aliphatic rings. The van der Waals surface area contributed by atoms with Crippen LogP contribution in [-0.4, -0.2) is 11.7 Å². The van der Waals surface area contributed by atoms with E-state index in [1.54, 1.807) is 0 Å². The Kier molecular flexibility index (Phi) is 7.63. The zero-order valence-corrected chi connectivity index (χ0v) is 6.71. The van der Waals surface area contributed by atoms with Crippen LogP contribution in [0.25, 0.3) is 0 Å². The zero-order chi connectivity index (χ0) is 6.95. The molecule has 0 unspecified atom stereocenters. The third kappa shape index (κ3) is 7.80. The van der Waals surface area contributed by atoms with E-state index in [1.807, 2.05) is 0 Å². The number of hydrogen-bond acceptors (Lipinski definition) is 2. The average molecular weight is 143 g/mol. The number of rotatable bonds is 5. The second kappa shape index (κ2) is 7.80. The number of hydrogen-bond donors (Lipinski definition) is 0. The van der Waals surface area contributed by atoms with E-state index in [0.29, 0.717) is 0 Å². The van der Waals surface area contributed by atoms with E-state index in [-0.39, 0.29) is 0 Å². The monoisotopic (exact) mass is 143 g/mol. The largest absolute Gasteiger partial charge is 0.233 e. The summed E-state index contributed by atoms with van der Waals surface area (Å²) in [6, 6.07) is 0. The van der Waals surface area contributed by atoms with E-state index in [2.05, 4.69) is 29.3 Å². The summed E-state index contributed by atoms with van der Waals surface area (Å²) in [5, 5.41) is 2.35. The number of unbranched alkanes of at least 4 members (excludes halogenated alkanes) is 3. The van der Waals surface area contributed by atoms with Crippen LogP contribution in [0.1, 0.15) is 32.6 Å². The zero-order valence-electron chi connectivity index (χ0n) is 5.89. The average Bonchev–Trinajstić information content (AvgIpc) is 1.89. The Bertz CT molecular complexity index is 95.1. The van der Waals surface area contributed by atoms with Crippen LogP contribution in [0.5, 0.6) is 0 Å². The van der Waals surface area contributed by atoms with Gasteiger partial charge in [-0.3, -0.25) is 0 Å². The Labute approximate surface area is 62.2 Å². The molecule has 0 aromatic heterocycles. The van der Waals surface area contributed by atoms with E-state index < -0.39 is 0 Å². The predicted molar refractivity (Wildman–Crippen MR) is 44.0 cm³/mol. The van der Waals surface area contributed by atoms with Gasteiger partial charge < -0.3 is 0 Å². The van der Waals surface area contributed by atoms with Gasteiger partial charge in [0.15, 0.2) is 0 Å². The first-order valence-corrected chi connectivity index (χ1v) is 3.86. The van der Waals surface area contributed by atoms with Crippen LogP contribution >= 0.6 is 12.2 Å². The van der Waals surface area contributed by atoms with Crippen molar-refractivity contribution in [3.05, 3.63) is 0 Å². The summed E-state index contributed by atoms with van der Waals surface area (Å²) >= 11 is 4.41. The third-order valence-electron chi connectivity index (χ3n) is 1.19. The smallest absolute Gasteiger partial charge is 0.0584 e. The molecule has 0 fully saturated rings. The maximum atomic E-state index is 4.41. The Morgan fingerprint density at radius 2 is 2.11 bits per heavy atom. The molecule has 0 bridgehead atoms. The van der Waals surface area contributed by atoms with Crippen LogP contribution < -0.4 is 0 Å². The van der Waals surface area contributed by atoms with Crippen molar-refractivity contribution in [1.82, 2.24) is 0 Å². The molecule has 1 nitrogen and oxygen atoms in total. The van der Waals surface area contributed by atoms with Crippen molar-refractivity contribution in [2.75, 3.05) is 6.54 Å². The van der Waals surface area contributed by atoms with Gasteiger partial charge in [-0.25, -0.2) is 4.99 Å². The topological polar surface area (TPSA) is 12.4 Å². The summed E-state index contributed by atoms with van der Waals surface area (Å²) in [5.41, 5.74) is 0. The summed E-state index contributed by atoms with van der Waals surface area (Å²) in [6.07, 6.45) is 5.03. The van der Waals surface area contributed by atoms with Crippen LogP contribution in [0.15, 0.2) is 4.99 Å². The lowest BCUT2D eigenvalue weighted by Crippen LogP contribution is -1.79. The summed E-state index contributed by atoms with van der Waals surface area (Å²) in [5.74, 6) is 0. The molecule has 0 aromatic rings. The van der Waals surface area contributed by atoms with E-state index >= 15 is 0 Å². The molecule has 0 aromatic carbocycles. The second-order valence-corrected chi connectivity index (χ2v) is 2.22. The normalized spacial score (nSPS) is 8.56. The summed E-state index contributed by atoms with van der Waals surface area (Å²) in [6.45, 7) is 3.06. The van der Waals surface area contributed by atoms with Gasteiger partial charge in [-0.05, 0) is 18.6 Å². The van der Waals surface area contributed by atoms with E-state index in [0.717, 1.165) is 13.0 Å². The third-order valence-corrected chi connectivity index (χ3v) is 1.32. The van der Waals surface area contributed by atoms with Crippen LogP contribution in [0.3, 0.4) is 0 Å². The molecular formula is C7H13NS. The lowest BCUT2D eigenvalue weighted by molar-refractivity contribution is 0.676. The SMILES string of the molecule is CCCCCCN=C=S. The van der Waals surface area contributed by atoms with Crippen LogP contribution in [0.4, 0.5) is 0 Å². The maximum absolute atomic E-state index is 4.41. The first kappa shape index (κ1) is 8.80. The summed E-state index contributed by atoms with van der Waals surface area (Å²) < 4.78 is 0. The highest BCUT2D eigenvalue weighted by Crippen LogP contribution is 1.97. The number of nitrogens with zero attached hydrogens (tertiary/aromatic N) is 1. The molecule has 2 heteroatoms.